The predicted octanol–water partition coefficient (Wildman–Crippen LogP) is 3.89. The molecule has 0 aliphatic heterocycles. The summed E-state index contributed by atoms with van der Waals surface area (Å²) < 4.78 is 1.75. The number of carbonyl (C=O) groups is 1. The maximum absolute atomic E-state index is 12.0. The fraction of sp³-hybridized carbons (Fsp3) is 0.316. The van der Waals surface area contributed by atoms with E-state index in [-0.39, 0.29) is 6.03 Å². The van der Waals surface area contributed by atoms with Crippen LogP contribution < -0.4 is 10.6 Å². The number of nitrogens with zero attached hydrogens (tertiary/aromatic N) is 3. The molecule has 0 bridgehead atoms. The highest BCUT2D eigenvalue weighted by Gasteiger charge is 2.07. The van der Waals surface area contributed by atoms with Gasteiger partial charge in [0.05, 0.1) is 22.6 Å². The average molecular weight is 404 g/mol. The van der Waals surface area contributed by atoms with Crippen LogP contribution in [0.2, 0.25) is 5.02 Å². The minimum absolute atomic E-state index is 0.196. The minimum Gasteiger partial charge on any atom is -0.338 e. The van der Waals surface area contributed by atoms with E-state index in [4.69, 9.17) is 11.6 Å². The third-order valence-corrected chi connectivity index (χ3v) is 5.40. The predicted molar refractivity (Wildman–Crippen MR) is 109 cm³/mol. The quantitative estimate of drug-likeness (QED) is 0.628. The average Bonchev–Trinajstić information content (AvgIpc) is 3.27. The second kappa shape index (κ2) is 9.01. The monoisotopic (exact) mass is 403 g/mol. The van der Waals surface area contributed by atoms with E-state index >= 15 is 0 Å². The van der Waals surface area contributed by atoms with Crippen LogP contribution in [0.1, 0.15) is 28.1 Å². The number of carbonyl (C=O) groups excluding carboxylic acids is 1. The van der Waals surface area contributed by atoms with Gasteiger partial charge in [-0.15, -0.1) is 11.3 Å². The molecule has 0 aliphatic carbocycles. The first-order valence-corrected chi connectivity index (χ1v) is 10.0. The Hall–Kier alpha value is -2.38. The third-order valence-electron chi connectivity index (χ3n) is 4.08. The SMILES string of the molecule is CCc1nc(CCNC(=O)NCc2cnn(-c3ccc(Cl)cc3)c2)sc1C. The van der Waals surface area contributed by atoms with Crippen LogP contribution in [0.15, 0.2) is 36.7 Å². The van der Waals surface area contributed by atoms with Crippen LogP contribution >= 0.6 is 22.9 Å². The van der Waals surface area contributed by atoms with E-state index in [1.807, 2.05) is 30.5 Å². The number of benzene rings is 1. The van der Waals surface area contributed by atoms with Gasteiger partial charge in [0.2, 0.25) is 0 Å². The Bertz CT molecular complexity index is 903. The number of hydrogen-bond acceptors (Lipinski definition) is 4. The molecule has 2 N–H and O–H groups in total. The van der Waals surface area contributed by atoms with Crippen molar-refractivity contribution in [3.8, 4) is 5.69 Å². The summed E-state index contributed by atoms with van der Waals surface area (Å²) in [6.45, 7) is 5.17. The Balaban J connectivity index is 1.43. The van der Waals surface area contributed by atoms with Crippen molar-refractivity contribution in [2.45, 2.75) is 33.2 Å². The van der Waals surface area contributed by atoms with E-state index in [0.29, 0.717) is 18.1 Å². The molecule has 0 saturated heterocycles. The van der Waals surface area contributed by atoms with Gasteiger partial charge in [0.15, 0.2) is 0 Å². The number of thiazole rings is 1. The first-order valence-electron chi connectivity index (χ1n) is 8.81. The van der Waals surface area contributed by atoms with E-state index in [1.54, 1.807) is 22.2 Å². The molecule has 0 atom stereocenters. The zero-order chi connectivity index (χ0) is 19.2. The highest BCUT2D eigenvalue weighted by Crippen LogP contribution is 2.18. The Morgan fingerprint density at radius 1 is 1.26 bits per heavy atom. The van der Waals surface area contributed by atoms with Gasteiger partial charge in [-0.1, -0.05) is 18.5 Å². The second-order valence-corrected chi connectivity index (χ2v) is 7.82. The molecule has 0 spiro atoms. The molecule has 3 rings (SSSR count). The first kappa shape index (κ1) is 19.4. The van der Waals surface area contributed by atoms with Crippen LogP contribution in [0.25, 0.3) is 5.69 Å². The van der Waals surface area contributed by atoms with Crippen LogP contribution in [0.5, 0.6) is 0 Å². The van der Waals surface area contributed by atoms with Crippen molar-refractivity contribution in [3.63, 3.8) is 0 Å². The number of aromatic nitrogens is 3. The molecule has 6 nitrogen and oxygen atoms in total. The van der Waals surface area contributed by atoms with Gasteiger partial charge >= 0.3 is 6.03 Å². The molecule has 0 aliphatic rings. The van der Waals surface area contributed by atoms with Crippen molar-refractivity contribution in [3.05, 3.63) is 62.8 Å². The Kier molecular flexibility index (Phi) is 6.47. The Morgan fingerprint density at radius 3 is 2.74 bits per heavy atom. The zero-order valence-electron chi connectivity index (χ0n) is 15.3. The highest BCUT2D eigenvalue weighted by molar-refractivity contribution is 7.11. The molecule has 2 heterocycles. The molecule has 2 aromatic heterocycles. The van der Waals surface area contributed by atoms with Gasteiger partial charge in [0.25, 0.3) is 0 Å². The van der Waals surface area contributed by atoms with Crippen molar-refractivity contribution in [2.24, 2.45) is 0 Å². The molecule has 8 heteroatoms. The lowest BCUT2D eigenvalue weighted by molar-refractivity contribution is 0.240. The van der Waals surface area contributed by atoms with Gasteiger partial charge in [-0.05, 0) is 37.6 Å². The largest absolute Gasteiger partial charge is 0.338 e. The number of nitrogens with one attached hydrogen (secondary N) is 2. The maximum atomic E-state index is 12.0. The summed E-state index contributed by atoms with van der Waals surface area (Å²) in [5.74, 6) is 0. The summed E-state index contributed by atoms with van der Waals surface area (Å²) in [5.41, 5.74) is 2.99. The fourth-order valence-electron chi connectivity index (χ4n) is 2.64. The highest BCUT2D eigenvalue weighted by atomic mass is 35.5. The van der Waals surface area contributed by atoms with Crippen LogP contribution in [0.3, 0.4) is 0 Å². The molecule has 2 amide bonds. The van der Waals surface area contributed by atoms with E-state index in [9.17, 15) is 4.79 Å². The topological polar surface area (TPSA) is 71.8 Å². The lowest BCUT2D eigenvalue weighted by Gasteiger charge is -2.05. The lowest BCUT2D eigenvalue weighted by Crippen LogP contribution is -2.36. The normalized spacial score (nSPS) is 10.8. The van der Waals surface area contributed by atoms with Gasteiger partial charge in [0.1, 0.15) is 0 Å². The van der Waals surface area contributed by atoms with Gasteiger partial charge in [-0.2, -0.15) is 5.10 Å². The van der Waals surface area contributed by atoms with Gasteiger partial charge in [-0.25, -0.2) is 14.5 Å². The van der Waals surface area contributed by atoms with Crippen molar-refractivity contribution < 1.29 is 4.79 Å². The first-order chi connectivity index (χ1) is 13.0. The van der Waals surface area contributed by atoms with Crippen molar-refractivity contribution in [1.29, 1.82) is 0 Å². The van der Waals surface area contributed by atoms with E-state index in [0.717, 1.165) is 34.8 Å². The van der Waals surface area contributed by atoms with Crippen LogP contribution in [0, 0.1) is 6.92 Å². The molecule has 0 unspecified atom stereocenters. The van der Waals surface area contributed by atoms with Crippen LogP contribution in [-0.2, 0) is 19.4 Å². The molecule has 0 radical (unpaired) electrons. The Labute approximate surface area is 167 Å². The van der Waals surface area contributed by atoms with Crippen molar-refractivity contribution in [2.75, 3.05) is 6.54 Å². The molecular weight excluding hydrogens is 382 g/mol. The zero-order valence-corrected chi connectivity index (χ0v) is 16.9. The van der Waals surface area contributed by atoms with Gasteiger partial charge in [0, 0.05) is 41.2 Å². The molecule has 142 valence electrons. The number of halogens is 1. The molecule has 0 fully saturated rings. The number of amides is 2. The summed E-state index contributed by atoms with van der Waals surface area (Å²) in [6.07, 6.45) is 5.31. The molecule has 0 saturated carbocycles. The lowest BCUT2D eigenvalue weighted by atomic mass is 10.3. The number of aryl methyl sites for hydroxylation is 2. The second-order valence-electron chi connectivity index (χ2n) is 6.09. The molecule has 27 heavy (non-hydrogen) atoms. The van der Waals surface area contributed by atoms with Crippen LogP contribution in [-0.4, -0.2) is 27.3 Å². The summed E-state index contributed by atoms with van der Waals surface area (Å²) >= 11 is 7.60. The van der Waals surface area contributed by atoms with Crippen molar-refractivity contribution >= 4 is 29.0 Å². The van der Waals surface area contributed by atoms with E-state index in [2.05, 4.69) is 34.6 Å². The van der Waals surface area contributed by atoms with E-state index in [1.165, 1.54) is 4.88 Å². The summed E-state index contributed by atoms with van der Waals surface area (Å²) in [4.78, 5) is 17.8. The molecule has 1 aromatic carbocycles. The minimum atomic E-state index is -0.196. The number of urea groups is 1. The smallest absolute Gasteiger partial charge is 0.315 e. The van der Waals surface area contributed by atoms with E-state index < -0.39 is 0 Å². The number of hydrogen-bond donors (Lipinski definition) is 2. The number of rotatable bonds is 7. The van der Waals surface area contributed by atoms with Crippen LogP contribution in [0.4, 0.5) is 4.79 Å². The maximum Gasteiger partial charge on any atom is 0.315 e. The van der Waals surface area contributed by atoms with Gasteiger partial charge in [-0.3, -0.25) is 0 Å². The van der Waals surface area contributed by atoms with Crippen molar-refractivity contribution in [1.82, 2.24) is 25.4 Å². The molecular formula is C19H22ClN5OS. The molecule has 3 aromatic rings. The standard InChI is InChI=1S/C19H22ClN5OS/c1-3-17-13(2)27-18(24-17)8-9-21-19(26)22-10-14-11-23-25(12-14)16-6-4-15(20)5-7-16/h4-7,11-12H,3,8-10H2,1-2H3,(H2,21,22,26). The van der Waals surface area contributed by atoms with Gasteiger partial charge < -0.3 is 10.6 Å². The summed E-state index contributed by atoms with van der Waals surface area (Å²) in [6, 6.07) is 7.22. The Morgan fingerprint density at radius 2 is 2.04 bits per heavy atom. The fourth-order valence-corrected chi connectivity index (χ4v) is 3.78. The summed E-state index contributed by atoms with van der Waals surface area (Å²) in [5, 5.41) is 11.8. The third kappa shape index (κ3) is 5.30. The summed E-state index contributed by atoms with van der Waals surface area (Å²) in [7, 11) is 0.